The monoisotopic (exact) mass is 604 g/mol. The summed E-state index contributed by atoms with van der Waals surface area (Å²) in [6.45, 7) is 1.89. The van der Waals surface area contributed by atoms with Crippen molar-refractivity contribution in [3.8, 4) is 5.75 Å². The minimum absolute atomic E-state index is 0.0169. The van der Waals surface area contributed by atoms with Crippen LogP contribution in [0.5, 0.6) is 5.75 Å². The molecule has 3 aromatic rings. The lowest BCUT2D eigenvalue weighted by Crippen LogP contribution is -2.34. The topological polar surface area (TPSA) is 184 Å². The first-order valence-electron chi connectivity index (χ1n) is 13.7. The predicted octanol–water partition coefficient (Wildman–Crippen LogP) is 3.49. The number of nitrogens with two attached hydrogens (primary N) is 1. The molecule has 0 spiro atoms. The molecule has 0 bridgehead atoms. The van der Waals surface area contributed by atoms with E-state index in [-0.39, 0.29) is 25.2 Å². The second-order valence-electron chi connectivity index (χ2n) is 10.1. The molecule has 0 radical (unpaired) electrons. The lowest BCUT2D eigenvalue weighted by atomic mass is 10.1. The van der Waals surface area contributed by atoms with E-state index in [2.05, 4.69) is 15.6 Å². The molecule has 0 aliphatic rings. The van der Waals surface area contributed by atoms with Crippen LogP contribution in [0.25, 0.3) is 0 Å². The standard InChI is InChI=1S/C31H36N6O7/c1-19-7-5-6-8-22(19)34-31(43)35-24-11-9-20(15-26(24)44-4)16-29(40)36(2)21-10-12-23(33-18-21)25(17-30(41)42)37(3)28(39)14-13-27(32)38/h5-12,15,18,25H,13-14,16-17H2,1-4H3,(H2,32,38)(H,41,42)(H2,34,35,43). The molecule has 13 heteroatoms. The number of ether oxygens (including phenoxy) is 1. The van der Waals surface area contributed by atoms with Gasteiger partial charge in [0.05, 0.1) is 49.3 Å². The normalized spacial score (nSPS) is 11.2. The van der Waals surface area contributed by atoms with E-state index in [1.54, 1.807) is 43.4 Å². The van der Waals surface area contributed by atoms with Crippen LogP contribution in [0.1, 0.15) is 42.1 Å². The summed E-state index contributed by atoms with van der Waals surface area (Å²) in [5.74, 6) is -2.10. The van der Waals surface area contributed by atoms with Crippen LogP contribution in [0.2, 0.25) is 0 Å². The number of benzene rings is 2. The average Bonchev–Trinajstić information content (AvgIpc) is 2.99. The van der Waals surface area contributed by atoms with Gasteiger partial charge in [-0.3, -0.25) is 24.2 Å². The molecular weight excluding hydrogens is 568 g/mol. The first kappa shape index (κ1) is 33.0. The Labute approximate surface area is 255 Å². The third kappa shape index (κ3) is 9.02. The first-order valence-corrected chi connectivity index (χ1v) is 13.7. The van der Waals surface area contributed by atoms with Crippen LogP contribution >= 0.6 is 0 Å². The first-order chi connectivity index (χ1) is 20.9. The zero-order valence-electron chi connectivity index (χ0n) is 25.0. The molecule has 1 atom stereocenters. The van der Waals surface area contributed by atoms with Crippen molar-refractivity contribution < 1.29 is 33.8 Å². The van der Waals surface area contributed by atoms with Crippen LogP contribution < -0.4 is 26.0 Å². The van der Waals surface area contributed by atoms with Gasteiger partial charge >= 0.3 is 12.0 Å². The van der Waals surface area contributed by atoms with E-state index >= 15 is 0 Å². The molecule has 0 saturated heterocycles. The fourth-order valence-electron chi connectivity index (χ4n) is 4.35. The summed E-state index contributed by atoms with van der Waals surface area (Å²) in [6.07, 6.45) is 0.726. The van der Waals surface area contributed by atoms with Crippen LogP contribution in [0.15, 0.2) is 60.8 Å². The van der Waals surface area contributed by atoms with Gasteiger partial charge in [-0.05, 0) is 48.4 Å². The Morgan fingerprint density at radius 1 is 0.955 bits per heavy atom. The number of likely N-dealkylation sites (N-methyl/N-ethyl adjacent to an activating group) is 1. The molecule has 13 nitrogen and oxygen atoms in total. The number of rotatable bonds is 13. The van der Waals surface area contributed by atoms with E-state index in [1.165, 1.54) is 30.2 Å². The van der Waals surface area contributed by atoms with E-state index in [1.807, 2.05) is 25.1 Å². The second-order valence-corrected chi connectivity index (χ2v) is 10.1. The van der Waals surface area contributed by atoms with Crippen LogP contribution in [-0.4, -0.2) is 65.9 Å². The van der Waals surface area contributed by atoms with Gasteiger partial charge in [0.1, 0.15) is 5.75 Å². The molecule has 3 rings (SSSR count). The van der Waals surface area contributed by atoms with Crippen LogP contribution in [0, 0.1) is 6.92 Å². The minimum atomic E-state index is -1.13. The fourth-order valence-corrected chi connectivity index (χ4v) is 4.35. The second kappa shape index (κ2) is 15.1. The zero-order valence-corrected chi connectivity index (χ0v) is 25.0. The van der Waals surface area contributed by atoms with Crippen molar-refractivity contribution >= 4 is 46.8 Å². The number of pyridine rings is 1. The maximum atomic E-state index is 13.1. The number of nitrogens with one attached hydrogen (secondary N) is 2. The molecular formula is C31H36N6O7. The Morgan fingerprint density at radius 3 is 2.27 bits per heavy atom. The van der Waals surface area contributed by atoms with Gasteiger partial charge in [0, 0.05) is 32.6 Å². The van der Waals surface area contributed by atoms with E-state index in [0.29, 0.717) is 34.1 Å². The lowest BCUT2D eigenvalue weighted by molar-refractivity contribution is -0.141. The van der Waals surface area contributed by atoms with Crippen LogP contribution in [-0.2, 0) is 25.6 Å². The van der Waals surface area contributed by atoms with E-state index in [0.717, 1.165) is 5.56 Å². The summed E-state index contributed by atoms with van der Waals surface area (Å²) in [4.78, 5) is 67.7. The number of nitrogens with zero attached hydrogens (tertiary/aromatic N) is 3. The van der Waals surface area contributed by atoms with Crippen molar-refractivity contribution in [2.24, 2.45) is 5.73 Å². The van der Waals surface area contributed by atoms with Crippen molar-refractivity contribution in [1.29, 1.82) is 0 Å². The number of methoxy groups -OCH3 is 1. The molecule has 232 valence electrons. The third-order valence-electron chi connectivity index (χ3n) is 6.95. The van der Waals surface area contributed by atoms with E-state index in [9.17, 15) is 29.1 Å². The van der Waals surface area contributed by atoms with Gasteiger partial charge in [-0.1, -0.05) is 24.3 Å². The SMILES string of the molecule is COc1cc(CC(=O)N(C)c2ccc(C(CC(=O)O)N(C)C(=O)CCC(N)=O)nc2)ccc1NC(=O)Nc1ccccc1C. The maximum absolute atomic E-state index is 13.1. The van der Waals surface area contributed by atoms with Crippen molar-refractivity contribution in [2.75, 3.05) is 36.7 Å². The molecule has 5 N–H and O–H groups in total. The van der Waals surface area contributed by atoms with E-state index < -0.39 is 36.3 Å². The highest BCUT2D eigenvalue weighted by molar-refractivity contribution is 6.01. The summed E-state index contributed by atoms with van der Waals surface area (Å²) < 4.78 is 5.44. The molecule has 0 aliphatic carbocycles. The van der Waals surface area contributed by atoms with Gasteiger partial charge < -0.3 is 36.0 Å². The number of anilines is 3. The Kier molecular flexibility index (Phi) is 11.4. The van der Waals surface area contributed by atoms with Crippen molar-refractivity contribution in [3.05, 3.63) is 77.6 Å². The highest BCUT2D eigenvalue weighted by Crippen LogP contribution is 2.28. The summed E-state index contributed by atoms with van der Waals surface area (Å²) in [5.41, 5.74) is 8.55. The smallest absolute Gasteiger partial charge is 0.323 e. The molecule has 1 unspecified atom stereocenters. The third-order valence-corrected chi connectivity index (χ3v) is 6.95. The van der Waals surface area contributed by atoms with Gasteiger partial charge in [-0.2, -0.15) is 0 Å². The van der Waals surface area contributed by atoms with Crippen molar-refractivity contribution in [3.63, 3.8) is 0 Å². The van der Waals surface area contributed by atoms with Crippen LogP contribution in [0.3, 0.4) is 0 Å². The zero-order chi connectivity index (χ0) is 32.4. The maximum Gasteiger partial charge on any atom is 0.323 e. The highest BCUT2D eigenvalue weighted by Gasteiger charge is 2.26. The average molecular weight is 605 g/mol. The molecule has 1 aromatic heterocycles. The predicted molar refractivity (Wildman–Crippen MR) is 164 cm³/mol. The van der Waals surface area contributed by atoms with Crippen molar-refractivity contribution in [2.45, 2.75) is 38.6 Å². The molecule has 2 aromatic carbocycles. The Morgan fingerprint density at radius 2 is 1.66 bits per heavy atom. The largest absolute Gasteiger partial charge is 0.495 e. The molecule has 44 heavy (non-hydrogen) atoms. The number of carbonyl (C=O) groups excluding carboxylic acids is 4. The van der Waals surface area contributed by atoms with Gasteiger partial charge in [-0.25, -0.2) is 4.79 Å². The Balaban J connectivity index is 1.68. The number of amides is 5. The summed E-state index contributed by atoms with van der Waals surface area (Å²) in [5, 5.41) is 14.9. The lowest BCUT2D eigenvalue weighted by Gasteiger charge is -2.27. The number of carboxylic acids is 1. The van der Waals surface area contributed by atoms with Crippen molar-refractivity contribution in [1.82, 2.24) is 9.88 Å². The molecule has 0 fully saturated rings. The summed E-state index contributed by atoms with van der Waals surface area (Å²) in [6, 6.07) is 14.2. The minimum Gasteiger partial charge on any atom is -0.495 e. The number of hydrogen-bond donors (Lipinski definition) is 4. The fraction of sp³-hybridized carbons (Fsp3) is 0.290. The number of aliphatic carboxylic acids is 1. The number of carbonyl (C=O) groups is 5. The summed E-state index contributed by atoms with van der Waals surface area (Å²) >= 11 is 0. The number of aromatic nitrogens is 1. The summed E-state index contributed by atoms with van der Waals surface area (Å²) in [7, 11) is 4.48. The number of primary amides is 1. The number of carboxylic acid groups (broad SMARTS) is 1. The number of para-hydroxylation sites is 1. The Hall–Kier alpha value is -5.46. The van der Waals surface area contributed by atoms with Gasteiger partial charge in [-0.15, -0.1) is 0 Å². The highest BCUT2D eigenvalue weighted by atomic mass is 16.5. The van der Waals surface area contributed by atoms with Crippen LogP contribution in [0.4, 0.5) is 21.9 Å². The molecule has 0 aliphatic heterocycles. The molecule has 1 heterocycles. The number of urea groups is 1. The van der Waals surface area contributed by atoms with Gasteiger partial charge in [0.15, 0.2) is 0 Å². The van der Waals surface area contributed by atoms with Gasteiger partial charge in [0.2, 0.25) is 17.7 Å². The van der Waals surface area contributed by atoms with E-state index in [4.69, 9.17) is 10.5 Å². The molecule has 5 amide bonds. The Bertz CT molecular complexity index is 1530. The van der Waals surface area contributed by atoms with Gasteiger partial charge in [0.25, 0.3) is 0 Å². The molecule has 0 saturated carbocycles. The number of aryl methyl sites for hydroxylation is 1. The number of hydrogen-bond acceptors (Lipinski definition) is 7. The quantitative estimate of drug-likeness (QED) is 0.228.